The van der Waals surface area contributed by atoms with Crippen LogP contribution >= 0.6 is 15.9 Å². The van der Waals surface area contributed by atoms with E-state index < -0.39 is 5.97 Å². The average molecular weight is 261 g/mol. The van der Waals surface area contributed by atoms with Gasteiger partial charge in [0.15, 0.2) is 0 Å². The third kappa shape index (κ3) is 2.24. The monoisotopic (exact) mass is 260 g/mol. The van der Waals surface area contributed by atoms with Crippen molar-refractivity contribution in [3.63, 3.8) is 0 Å². The number of rotatable bonds is 3. The predicted molar refractivity (Wildman–Crippen MR) is 53.5 cm³/mol. The minimum Gasteiger partial charge on any atom is -0.507 e. The van der Waals surface area contributed by atoms with Crippen molar-refractivity contribution < 1.29 is 19.7 Å². The van der Waals surface area contributed by atoms with Crippen molar-refractivity contribution in [2.24, 2.45) is 0 Å². The minimum atomic E-state index is -1.17. The number of methoxy groups -OCH3 is 1. The number of aromatic carboxylic acids is 1. The minimum absolute atomic E-state index is 0.133. The van der Waals surface area contributed by atoms with Crippen molar-refractivity contribution in [2.75, 3.05) is 7.11 Å². The van der Waals surface area contributed by atoms with E-state index in [0.717, 1.165) is 0 Å². The Labute approximate surface area is 89.3 Å². The molecular formula is C9H9BrO4. The van der Waals surface area contributed by atoms with Crippen molar-refractivity contribution in [1.29, 1.82) is 0 Å². The van der Waals surface area contributed by atoms with Gasteiger partial charge in [0.2, 0.25) is 0 Å². The normalized spacial score (nSPS) is 10.1. The summed E-state index contributed by atoms with van der Waals surface area (Å²) in [4.78, 5) is 10.7. The summed E-state index contributed by atoms with van der Waals surface area (Å²) in [5, 5.41) is 18.3. The first kappa shape index (κ1) is 11.0. The number of carbonyl (C=O) groups is 1. The Hall–Kier alpha value is -1.07. The number of carboxylic acids is 1. The first-order valence-corrected chi connectivity index (χ1v) is 4.59. The number of aromatic hydroxyl groups is 1. The maximum Gasteiger partial charge on any atom is 0.339 e. The van der Waals surface area contributed by atoms with Gasteiger partial charge in [0, 0.05) is 17.1 Å². The summed E-state index contributed by atoms with van der Waals surface area (Å²) >= 11 is 3.16. The molecule has 0 aliphatic heterocycles. The molecule has 0 spiro atoms. The van der Waals surface area contributed by atoms with E-state index in [1.807, 2.05) is 0 Å². The molecule has 5 heteroatoms. The highest BCUT2D eigenvalue weighted by Gasteiger charge is 2.14. The topological polar surface area (TPSA) is 66.8 Å². The van der Waals surface area contributed by atoms with E-state index >= 15 is 0 Å². The molecule has 4 nitrogen and oxygen atoms in total. The largest absolute Gasteiger partial charge is 0.507 e. The van der Waals surface area contributed by atoms with Crippen LogP contribution in [0, 0.1) is 0 Å². The van der Waals surface area contributed by atoms with Gasteiger partial charge in [0.25, 0.3) is 0 Å². The number of benzene rings is 1. The second-order valence-electron chi connectivity index (χ2n) is 2.70. The van der Waals surface area contributed by atoms with Crippen LogP contribution in [0.15, 0.2) is 16.6 Å². The van der Waals surface area contributed by atoms with E-state index in [0.29, 0.717) is 10.0 Å². The zero-order valence-electron chi connectivity index (χ0n) is 7.45. The lowest BCUT2D eigenvalue weighted by molar-refractivity contribution is 0.0693. The molecule has 1 aromatic carbocycles. The highest BCUT2D eigenvalue weighted by atomic mass is 79.9. The van der Waals surface area contributed by atoms with Crippen LogP contribution in [0.25, 0.3) is 0 Å². The SMILES string of the molecule is COCc1cc(Br)cc(C(=O)O)c1O. The van der Waals surface area contributed by atoms with Gasteiger partial charge in [-0.25, -0.2) is 4.79 Å². The molecule has 0 heterocycles. The Balaban J connectivity index is 3.24. The number of hydrogen-bond donors (Lipinski definition) is 2. The third-order valence-electron chi connectivity index (χ3n) is 1.68. The van der Waals surface area contributed by atoms with Gasteiger partial charge in [-0.15, -0.1) is 0 Å². The molecule has 14 heavy (non-hydrogen) atoms. The molecule has 0 radical (unpaired) electrons. The molecule has 0 unspecified atom stereocenters. The van der Waals surface area contributed by atoms with Crippen LogP contribution in [-0.4, -0.2) is 23.3 Å². The summed E-state index contributed by atoms with van der Waals surface area (Å²) < 4.78 is 5.42. The lowest BCUT2D eigenvalue weighted by atomic mass is 10.1. The Morgan fingerprint density at radius 1 is 1.57 bits per heavy atom. The second kappa shape index (κ2) is 4.43. The third-order valence-corrected chi connectivity index (χ3v) is 2.14. The van der Waals surface area contributed by atoms with Gasteiger partial charge in [-0.3, -0.25) is 0 Å². The van der Waals surface area contributed by atoms with Gasteiger partial charge in [-0.05, 0) is 12.1 Å². The Morgan fingerprint density at radius 3 is 2.71 bits per heavy atom. The van der Waals surface area contributed by atoms with Gasteiger partial charge in [0.05, 0.1) is 6.61 Å². The van der Waals surface area contributed by atoms with E-state index in [1.165, 1.54) is 13.2 Å². The first-order valence-electron chi connectivity index (χ1n) is 3.80. The van der Waals surface area contributed by atoms with Crippen LogP contribution in [-0.2, 0) is 11.3 Å². The van der Waals surface area contributed by atoms with E-state index in [-0.39, 0.29) is 17.9 Å². The smallest absolute Gasteiger partial charge is 0.339 e. The summed E-state index contributed by atoms with van der Waals surface area (Å²) in [5.74, 6) is -1.41. The number of carboxylic acid groups (broad SMARTS) is 1. The molecule has 0 saturated heterocycles. The van der Waals surface area contributed by atoms with Crippen LogP contribution in [0.4, 0.5) is 0 Å². The van der Waals surface area contributed by atoms with Gasteiger partial charge in [-0.2, -0.15) is 0 Å². The molecular weight excluding hydrogens is 252 g/mol. The molecule has 1 rings (SSSR count). The van der Waals surface area contributed by atoms with Gasteiger partial charge >= 0.3 is 5.97 Å². The van der Waals surface area contributed by atoms with Crippen LogP contribution < -0.4 is 0 Å². The molecule has 0 aliphatic rings. The standard InChI is InChI=1S/C9H9BrO4/c1-14-4-5-2-6(10)3-7(8(5)11)9(12)13/h2-3,11H,4H2,1H3,(H,12,13). The maximum absolute atomic E-state index is 10.7. The van der Waals surface area contributed by atoms with Crippen molar-refractivity contribution in [3.8, 4) is 5.75 Å². The molecule has 2 N–H and O–H groups in total. The summed E-state index contributed by atoms with van der Waals surface area (Å²) in [6.07, 6.45) is 0. The van der Waals surface area contributed by atoms with Crippen LogP contribution in [0.2, 0.25) is 0 Å². The molecule has 0 saturated carbocycles. The van der Waals surface area contributed by atoms with E-state index in [2.05, 4.69) is 15.9 Å². The zero-order chi connectivity index (χ0) is 10.7. The molecule has 0 fully saturated rings. The van der Waals surface area contributed by atoms with Gasteiger partial charge in [0.1, 0.15) is 11.3 Å². The average Bonchev–Trinajstić information content (AvgIpc) is 2.10. The summed E-state index contributed by atoms with van der Waals surface area (Å²) in [7, 11) is 1.47. The fraction of sp³-hybridized carbons (Fsp3) is 0.222. The highest BCUT2D eigenvalue weighted by Crippen LogP contribution is 2.27. The fourth-order valence-electron chi connectivity index (χ4n) is 1.08. The lowest BCUT2D eigenvalue weighted by Gasteiger charge is -2.07. The van der Waals surface area contributed by atoms with E-state index in [1.54, 1.807) is 6.07 Å². The van der Waals surface area contributed by atoms with Crippen molar-refractivity contribution in [2.45, 2.75) is 6.61 Å². The Bertz CT molecular complexity index is 362. The first-order chi connectivity index (χ1) is 6.56. The quantitative estimate of drug-likeness (QED) is 0.873. The molecule has 1 aromatic rings. The zero-order valence-corrected chi connectivity index (χ0v) is 9.04. The Kier molecular flexibility index (Phi) is 3.49. The number of phenols is 1. The van der Waals surface area contributed by atoms with Crippen LogP contribution in [0.1, 0.15) is 15.9 Å². The van der Waals surface area contributed by atoms with Gasteiger partial charge in [-0.1, -0.05) is 15.9 Å². The molecule has 0 atom stereocenters. The van der Waals surface area contributed by atoms with E-state index in [9.17, 15) is 9.90 Å². The molecule has 0 aliphatic carbocycles. The van der Waals surface area contributed by atoms with Crippen molar-refractivity contribution in [1.82, 2.24) is 0 Å². The number of ether oxygens (including phenoxy) is 1. The molecule has 76 valence electrons. The maximum atomic E-state index is 10.7. The van der Waals surface area contributed by atoms with Crippen molar-refractivity contribution in [3.05, 3.63) is 27.7 Å². The van der Waals surface area contributed by atoms with Gasteiger partial charge < -0.3 is 14.9 Å². The number of hydrogen-bond acceptors (Lipinski definition) is 3. The van der Waals surface area contributed by atoms with Crippen molar-refractivity contribution >= 4 is 21.9 Å². The lowest BCUT2D eigenvalue weighted by Crippen LogP contribution is -2.00. The highest BCUT2D eigenvalue weighted by molar-refractivity contribution is 9.10. The summed E-state index contributed by atoms with van der Waals surface area (Å²) in [5.41, 5.74) is 0.311. The van der Waals surface area contributed by atoms with E-state index in [4.69, 9.17) is 9.84 Å². The molecule has 0 aromatic heterocycles. The summed E-state index contributed by atoms with van der Waals surface area (Å²) in [6.45, 7) is 0.172. The van der Waals surface area contributed by atoms with Crippen LogP contribution in [0.5, 0.6) is 5.75 Å². The van der Waals surface area contributed by atoms with Crippen LogP contribution in [0.3, 0.4) is 0 Å². The molecule has 0 bridgehead atoms. The summed E-state index contributed by atoms with van der Waals surface area (Å²) in [6, 6.07) is 2.96. The Morgan fingerprint density at radius 2 is 2.21 bits per heavy atom. The second-order valence-corrected chi connectivity index (χ2v) is 3.61. The predicted octanol–water partition coefficient (Wildman–Crippen LogP) is 2.00. The fourth-order valence-corrected chi connectivity index (χ4v) is 1.59. The molecule has 0 amide bonds. The number of halogens is 1.